The van der Waals surface area contributed by atoms with Crippen LogP contribution in [0.4, 0.5) is 4.39 Å². The summed E-state index contributed by atoms with van der Waals surface area (Å²) in [7, 11) is 0. The van der Waals surface area contributed by atoms with Crippen molar-refractivity contribution in [2.45, 2.75) is 57.4 Å². The number of hydrogen-bond acceptors (Lipinski definition) is 3. The third-order valence-electron chi connectivity index (χ3n) is 5.68. The lowest BCUT2D eigenvalue weighted by atomic mass is 9.86. The fourth-order valence-electron chi connectivity index (χ4n) is 4.26. The molecule has 0 radical (unpaired) electrons. The zero-order chi connectivity index (χ0) is 17.9. The van der Waals surface area contributed by atoms with E-state index < -0.39 is 0 Å². The fraction of sp³-hybridized carbons (Fsp3) is 0.550. The quantitative estimate of drug-likeness (QED) is 0.891. The van der Waals surface area contributed by atoms with Gasteiger partial charge in [0.15, 0.2) is 5.82 Å². The van der Waals surface area contributed by atoms with E-state index in [1.165, 1.54) is 44.2 Å². The summed E-state index contributed by atoms with van der Waals surface area (Å²) in [6.45, 7) is 0.794. The van der Waals surface area contributed by atoms with Gasteiger partial charge in [-0.05, 0) is 55.9 Å². The molecule has 1 aromatic heterocycles. The van der Waals surface area contributed by atoms with Crippen LogP contribution in [-0.4, -0.2) is 32.5 Å². The number of amides is 1. The van der Waals surface area contributed by atoms with Crippen molar-refractivity contribution in [3.05, 3.63) is 35.9 Å². The number of aromatic amines is 1. The van der Waals surface area contributed by atoms with E-state index in [0.717, 1.165) is 30.8 Å². The smallest absolute Gasteiger partial charge is 0.223 e. The van der Waals surface area contributed by atoms with E-state index in [1.807, 2.05) is 4.90 Å². The molecule has 26 heavy (non-hydrogen) atoms. The van der Waals surface area contributed by atoms with Gasteiger partial charge in [-0.15, -0.1) is 0 Å². The maximum absolute atomic E-state index is 13.1. The number of likely N-dealkylation sites (tertiary alicyclic amines) is 1. The first-order valence-corrected chi connectivity index (χ1v) is 9.68. The number of nitrogens with zero attached hydrogens (tertiary/aromatic N) is 3. The Morgan fingerprint density at radius 2 is 1.88 bits per heavy atom. The first-order chi connectivity index (χ1) is 12.7. The number of carbonyl (C=O) groups is 1. The minimum atomic E-state index is -0.278. The van der Waals surface area contributed by atoms with Crippen molar-refractivity contribution < 1.29 is 9.18 Å². The van der Waals surface area contributed by atoms with Crippen molar-refractivity contribution in [1.29, 1.82) is 0 Å². The molecule has 2 fully saturated rings. The fourth-order valence-corrected chi connectivity index (χ4v) is 4.26. The number of carbonyl (C=O) groups excluding carboxylic acids is 1. The molecule has 2 aromatic rings. The monoisotopic (exact) mass is 356 g/mol. The van der Waals surface area contributed by atoms with Crippen LogP contribution >= 0.6 is 0 Å². The molecule has 1 atom stereocenters. The van der Waals surface area contributed by atoms with Gasteiger partial charge in [0.2, 0.25) is 5.91 Å². The first kappa shape index (κ1) is 17.2. The lowest BCUT2D eigenvalue weighted by molar-refractivity contribution is -0.133. The lowest BCUT2D eigenvalue weighted by Crippen LogP contribution is -2.32. The molecule has 1 saturated heterocycles. The standard InChI is InChI=1S/C20H25FN4O/c21-16-10-8-15(9-11-16)19-22-20(24-23-19)17-7-4-12-25(17)18(26)13-14-5-2-1-3-6-14/h8-11,14,17H,1-7,12-13H2,(H,22,23,24)/t17-/m0/s1. The summed E-state index contributed by atoms with van der Waals surface area (Å²) in [5.74, 6) is 1.80. The molecule has 1 aromatic carbocycles. The molecule has 2 aliphatic rings. The summed E-state index contributed by atoms with van der Waals surface area (Å²) in [6.07, 6.45) is 8.75. The molecule has 1 amide bonds. The predicted molar refractivity (Wildman–Crippen MR) is 96.7 cm³/mol. The van der Waals surface area contributed by atoms with Crippen LogP contribution < -0.4 is 0 Å². The van der Waals surface area contributed by atoms with Gasteiger partial charge in [-0.3, -0.25) is 9.89 Å². The minimum Gasteiger partial charge on any atom is -0.332 e. The van der Waals surface area contributed by atoms with Gasteiger partial charge >= 0.3 is 0 Å². The molecule has 0 bridgehead atoms. The van der Waals surface area contributed by atoms with Crippen molar-refractivity contribution in [2.24, 2.45) is 5.92 Å². The van der Waals surface area contributed by atoms with Gasteiger partial charge in [0.1, 0.15) is 11.6 Å². The summed E-state index contributed by atoms with van der Waals surface area (Å²) in [5, 5.41) is 7.27. The molecule has 1 N–H and O–H groups in total. The Hall–Kier alpha value is -2.24. The number of aromatic nitrogens is 3. The van der Waals surface area contributed by atoms with Crippen LogP contribution in [-0.2, 0) is 4.79 Å². The average Bonchev–Trinajstić information content (AvgIpc) is 3.32. The molecule has 0 spiro atoms. The van der Waals surface area contributed by atoms with E-state index in [9.17, 15) is 9.18 Å². The van der Waals surface area contributed by atoms with E-state index >= 15 is 0 Å². The molecule has 1 saturated carbocycles. The second-order valence-corrected chi connectivity index (χ2v) is 7.50. The Kier molecular flexibility index (Phi) is 5.00. The minimum absolute atomic E-state index is 0.0206. The largest absolute Gasteiger partial charge is 0.332 e. The summed E-state index contributed by atoms with van der Waals surface area (Å²) in [6, 6.07) is 6.13. The van der Waals surface area contributed by atoms with Gasteiger partial charge < -0.3 is 4.90 Å². The van der Waals surface area contributed by atoms with E-state index in [0.29, 0.717) is 18.2 Å². The highest BCUT2D eigenvalue weighted by Crippen LogP contribution is 2.34. The van der Waals surface area contributed by atoms with Crippen LogP contribution in [0.2, 0.25) is 0 Å². The summed E-state index contributed by atoms with van der Waals surface area (Å²) >= 11 is 0. The molecular weight excluding hydrogens is 331 g/mol. The van der Waals surface area contributed by atoms with Crippen molar-refractivity contribution in [2.75, 3.05) is 6.54 Å². The van der Waals surface area contributed by atoms with Crippen LogP contribution in [0.15, 0.2) is 24.3 Å². The van der Waals surface area contributed by atoms with Crippen molar-refractivity contribution in [1.82, 2.24) is 20.1 Å². The molecule has 1 aliphatic carbocycles. The van der Waals surface area contributed by atoms with Crippen LogP contribution in [0.5, 0.6) is 0 Å². The van der Waals surface area contributed by atoms with Gasteiger partial charge in [-0.2, -0.15) is 5.10 Å². The van der Waals surface area contributed by atoms with E-state index in [2.05, 4.69) is 15.2 Å². The van der Waals surface area contributed by atoms with Gasteiger partial charge in [0.25, 0.3) is 0 Å². The number of hydrogen-bond donors (Lipinski definition) is 1. The Morgan fingerprint density at radius 3 is 2.65 bits per heavy atom. The first-order valence-electron chi connectivity index (χ1n) is 9.68. The highest BCUT2D eigenvalue weighted by atomic mass is 19.1. The Labute approximate surface area is 153 Å². The zero-order valence-electron chi connectivity index (χ0n) is 15.0. The molecule has 138 valence electrons. The second-order valence-electron chi connectivity index (χ2n) is 7.50. The molecule has 0 unspecified atom stereocenters. The van der Waals surface area contributed by atoms with Crippen LogP contribution in [0, 0.1) is 11.7 Å². The molecule has 2 heterocycles. The zero-order valence-corrected chi connectivity index (χ0v) is 15.0. The maximum atomic E-state index is 13.1. The molecule has 1 aliphatic heterocycles. The Balaban J connectivity index is 1.46. The van der Waals surface area contributed by atoms with Crippen molar-refractivity contribution in [3.63, 3.8) is 0 Å². The van der Waals surface area contributed by atoms with Crippen LogP contribution in [0.1, 0.15) is 63.2 Å². The molecule has 4 rings (SSSR count). The van der Waals surface area contributed by atoms with Crippen molar-refractivity contribution in [3.8, 4) is 11.4 Å². The number of halogens is 1. The highest BCUT2D eigenvalue weighted by molar-refractivity contribution is 5.77. The topological polar surface area (TPSA) is 61.9 Å². The molecule has 5 nitrogen and oxygen atoms in total. The van der Waals surface area contributed by atoms with E-state index in [1.54, 1.807) is 12.1 Å². The Morgan fingerprint density at radius 1 is 1.12 bits per heavy atom. The SMILES string of the molecule is O=C(CC1CCCCC1)N1CCC[C@H]1c1nc(-c2ccc(F)cc2)n[nH]1. The van der Waals surface area contributed by atoms with E-state index in [4.69, 9.17) is 0 Å². The number of H-pyrrole nitrogens is 1. The highest BCUT2D eigenvalue weighted by Gasteiger charge is 2.33. The number of nitrogens with one attached hydrogen (secondary N) is 1. The summed E-state index contributed by atoms with van der Waals surface area (Å²) < 4.78 is 13.1. The lowest BCUT2D eigenvalue weighted by Gasteiger charge is -2.27. The normalized spacial score (nSPS) is 21.3. The van der Waals surface area contributed by atoms with Crippen LogP contribution in [0.3, 0.4) is 0 Å². The summed E-state index contributed by atoms with van der Waals surface area (Å²) in [5.41, 5.74) is 0.770. The van der Waals surface area contributed by atoms with Gasteiger partial charge in [-0.1, -0.05) is 19.3 Å². The Bertz CT molecular complexity index is 751. The number of rotatable bonds is 4. The van der Waals surface area contributed by atoms with E-state index in [-0.39, 0.29) is 17.8 Å². The maximum Gasteiger partial charge on any atom is 0.223 e. The predicted octanol–water partition coefficient (Wildman–Crippen LogP) is 4.24. The van der Waals surface area contributed by atoms with Crippen LogP contribution in [0.25, 0.3) is 11.4 Å². The molecule has 6 heteroatoms. The average molecular weight is 356 g/mol. The van der Waals surface area contributed by atoms with Gasteiger partial charge in [-0.25, -0.2) is 9.37 Å². The number of benzene rings is 1. The second kappa shape index (κ2) is 7.56. The third kappa shape index (κ3) is 3.64. The molecular formula is C20H25FN4O. The summed E-state index contributed by atoms with van der Waals surface area (Å²) in [4.78, 5) is 19.4. The van der Waals surface area contributed by atoms with Gasteiger partial charge in [0, 0.05) is 18.5 Å². The van der Waals surface area contributed by atoms with Gasteiger partial charge in [0.05, 0.1) is 6.04 Å². The third-order valence-corrected chi connectivity index (χ3v) is 5.68. The van der Waals surface area contributed by atoms with Crippen molar-refractivity contribution >= 4 is 5.91 Å².